The molecule has 2 nitrogen and oxygen atoms in total. The second-order valence-electron chi connectivity index (χ2n) is 7.51. The molecule has 152 valence electrons. The van der Waals surface area contributed by atoms with E-state index in [9.17, 15) is 0 Å². The summed E-state index contributed by atoms with van der Waals surface area (Å²) >= 11 is 0. The van der Waals surface area contributed by atoms with Gasteiger partial charge in [-0.15, -0.1) is 0 Å². The molecule has 0 radical (unpaired) electrons. The zero-order valence-electron chi connectivity index (χ0n) is 17.8. The van der Waals surface area contributed by atoms with Crippen molar-refractivity contribution in [1.82, 2.24) is 0 Å². The van der Waals surface area contributed by atoms with Gasteiger partial charge in [0.15, 0.2) is 9.04 Å². The maximum absolute atomic E-state index is 6.36. The van der Waals surface area contributed by atoms with Crippen LogP contribution < -0.4 is 0 Å². The first-order valence-electron chi connectivity index (χ1n) is 11.5. The minimum absolute atomic E-state index is 0.842. The molecule has 0 saturated carbocycles. The van der Waals surface area contributed by atoms with Gasteiger partial charge < -0.3 is 9.16 Å². The molecule has 25 heavy (non-hydrogen) atoms. The van der Waals surface area contributed by atoms with Crippen LogP contribution in [-0.2, 0) is 9.16 Å². The molecule has 0 heterocycles. The smallest absolute Gasteiger partial charge is 0.176 e. The maximum Gasteiger partial charge on any atom is 0.176 e. The van der Waals surface area contributed by atoms with Crippen LogP contribution >= 0.6 is 0 Å². The minimum atomic E-state index is -0.951. The van der Waals surface area contributed by atoms with Crippen molar-refractivity contribution in [2.45, 2.75) is 123 Å². The van der Waals surface area contributed by atoms with E-state index in [1.165, 1.54) is 95.6 Å². The number of rotatable bonds is 21. The second kappa shape index (κ2) is 22.2. The zero-order chi connectivity index (χ0) is 18.4. The van der Waals surface area contributed by atoms with Crippen molar-refractivity contribution < 1.29 is 9.16 Å². The summed E-state index contributed by atoms with van der Waals surface area (Å²) in [4.78, 5) is 0. The van der Waals surface area contributed by atoms with Crippen LogP contribution in [-0.4, -0.2) is 28.9 Å². The molecule has 0 rings (SSSR count). The van der Waals surface area contributed by atoms with Crippen molar-refractivity contribution in [3.05, 3.63) is 0 Å². The van der Waals surface area contributed by atoms with Gasteiger partial charge in [-0.3, -0.25) is 0 Å². The Labute approximate surface area is 161 Å². The van der Waals surface area contributed by atoms with Crippen LogP contribution in [0.5, 0.6) is 0 Å². The second-order valence-corrected chi connectivity index (χ2v) is 10.2. The Morgan fingerprint density at radius 1 is 0.520 bits per heavy atom. The molecule has 0 aliphatic heterocycles. The highest BCUT2D eigenvalue weighted by Crippen LogP contribution is 2.16. The SMILES string of the molecule is CCCCCCCC[SiH](CCCCCCCC)OCCCCOCC. The summed E-state index contributed by atoms with van der Waals surface area (Å²) in [5.74, 6) is 0. The van der Waals surface area contributed by atoms with E-state index in [-0.39, 0.29) is 0 Å². The first kappa shape index (κ1) is 25.1. The summed E-state index contributed by atoms with van der Waals surface area (Å²) in [5.41, 5.74) is 0. The van der Waals surface area contributed by atoms with Gasteiger partial charge in [-0.2, -0.15) is 0 Å². The topological polar surface area (TPSA) is 18.5 Å². The fourth-order valence-electron chi connectivity index (χ4n) is 3.32. The molecule has 0 aromatic rings. The summed E-state index contributed by atoms with van der Waals surface area (Å²) in [6.07, 6.45) is 19.2. The van der Waals surface area contributed by atoms with E-state index in [1.54, 1.807) is 0 Å². The van der Waals surface area contributed by atoms with E-state index in [4.69, 9.17) is 9.16 Å². The van der Waals surface area contributed by atoms with Gasteiger partial charge in [0, 0.05) is 19.8 Å². The Kier molecular flexibility index (Phi) is 22.3. The van der Waals surface area contributed by atoms with E-state index in [2.05, 4.69) is 20.8 Å². The molecule has 0 unspecified atom stereocenters. The van der Waals surface area contributed by atoms with Crippen LogP contribution in [0.3, 0.4) is 0 Å². The van der Waals surface area contributed by atoms with E-state index in [0.29, 0.717) is 0 Å². The predicted molar refractivity (Wildman–Crippen MR) is 115 cm³/mol. The highest BCUT2D eigenvalue weighted by atomic mass is 28.3. The van der Waals surface area contributed by atoms with Crippen LogP contribution in [0.2, 0.25) is 12.1 Å². The van der Waals surface area contributed by atoms with Crippen LogP contribution in [0, 0.1) is 0 Å². The number of ether oxygens (including phenoxy) is 1. The predicted octanol–water partition coefficient (Wildman–Crippen LogP) is 7.26. The normalized spacial score (nSPS) is 11.5. The van der Waals surface area contributed by atoms with Crippen LogP contribution in [0.1, 0.15) is 111 Å². The first-order valence-corrected chi connectivity index (χ1v) is 13.6. The number of hydrogen-bond acceptors (Lipinski definition) is 2. The van der Waals surface area contributed by atoms with Crippen LogP contribution in [0.15, 0.2) is 0 Å². The maximum atomic E-state index is 6.36. The minimum Gasteiger partial charge on any atom is -0.420 e. The molecule has 0 N–H and O–H groups in total. The van der Waals surface area contributed by atoms with Gasteiger partial charge in [0.1, 0.15) is 0 Å². The molecule has 3 heteroatoms. The highest BCUT2D eigenvalue weighted by Gasteiger charge is 2.11. The Balaban J connectivity index is 3.76. The summed E-state index contributed by atoms with van der Waals surface area (Å²) in [6.45, 7) is 9.39. The molecular weight excluding hydrogens is 324 g/mol. The standard InChI is InChI=1S/C22H48O2Si/c1-4-7-9-11-13-17-21-25(22-18-14-12-10-8-5-2)24-20-16-15-19-23-6-3/h25H,4-22H2,1-3H3. The van der Waals surface area contributed by atoms with Crippen molar-refractivity contribution in [3.63, 3.8) is 0 Å². The van der Waals surface area contributed by atoms with Crippen LogP contribution in [0.4, 0.5) is 0 Å². The van der Waals surface area contributed by atoms with E-state index >= 15 is 0 Å². The lowest BCUT2D eigenvalue weighted by atomic mass is 10.1. The Morgan fingerprint density at radius 2 is 1.00 bits per heavy atom. The highest BCUT2D eigenvalue weighted by molar-refractivity contribution is 6.51. The summed E-state index contributed by atoms with van der Waals surface area (Å²) < 4.78 is 11.8. The van der Waals surface area contributed by atoms with Crippen LogP contribution in [0.25, 0.3) is 0 Å². The molecular formula is C22H48O2Si. The van der Waals surface area contributed by atoms with Gasteiger partial charge in [-0.1, -0.05) is 90.9 Å². The third-order valence-electron chi connectivity index (χ3n) is 5.00. The van der Waals surface area contributed by atoms with Gasteiger partial charge >= 0.3 is 0 Å². The van der Waals surface area contributed by atoms with Crippen molar-refractivity contribution in [2.75, 3.05) is 19.8 Å². The molecule has 0 bridgehead atoms. The van der Waals surface area contributed by atoms with Crippen molar-refractivity contribution in [1.29, 1.82) is 0 Å². The van der Waals surface area contributed by atoms with Crippen molar-refractivity contribution in [3.8, 4) is 0 Å². The Morgan fingerprint density at radius 3 is 1.52 bits per heavy atom. The summed E-state index contributed by atoms with van der Waals surface area (Å²) in [6, 6.07) is 2.82. The lowest BCUT2D eigenvalue weighted by molar-refractivity contribution is 0.138. The quantitative estimate of drug-likeness (QED) is 0.156. The van der Waals surface area contributed by atoms with E-state index < -0.39 is 9.04 Å². The number of hydrogen-bond donors (Lipinski definition) is 0. The average molecular weight is 373 g/mol. The summed E-state index contributed by atoms with van der Waals surface area (Å²) in [5, 5.41) is 0. The van der Waals surface area contributed by atoms with Gasteiger partial charge in [-0.05, 0) is 31.9 Å². The summed E-state index contributed by atoms with van der Waals surface area (Å²) in [7, 11) is -0.951. The Bertz CT molecular complexity index is 198. The lowest BCUT2D eigenvalue weighted by Crippen LogP contribution is -2.19. The molecule has 0 spiro atoms. The molecule has 0 fully saturated rings. The third-order valence-corrected chi connectivity index (χ3v) is 7.81. The third kappa shape index (κ3) is 20.3. The molecule has 0 amide bonds. The largest absolute Gasteiger partial charge is 0.420 e. The van der Waals surface area contributed by atoms with Crippen molar-refractivity contribution >= 4 is 9.04 Å². The number of unbranched alkanes of at least 4 members (excludes halogenated alkanes) is 11. The fraction of sp³-hybridized carbons (Fsp3) is 1.00. The van der Waals surface area contributed by atoms with Gasteiger partial charge in [0.25, 0.3) is 0 Å². The monoisotopic (exact) mass is 372 g/mol. The lowest BCUT2D eigenvalue weighted by Gasteiger charge is -2.16. The molecule has 0 aromatic carbocycles. The molecule has 0 atom stereocenters. The first-order chi connectivity index (χ1) is 12.3. The molecule has 0 aliphatic rings. The fourth-order valence-corrected chi connectivity index (χ4v) is 5.93. The van der Waals surface area contributed by atoms with Gasteiger partial charge in [-0.25, -0.2) is 0 Å². The van der Waals surface area contributed by atoms with Gasteiger partial charge in [0.2, 0.25) is 0 Å². The van der Waals surface area contributed by atoms with E-state index in [1.807, 2.05) is 0 Å². The van der Waals surface area contributed by atoms with Gasteiger partial charge in [0.05, 0.1) is 0 Å². The molecule has 0 saturated heterocycles. The molecule has 0 aliphatic carbocycles. The zero-order valence-corrected chi connectivity index (χ0v) is 19.0. The average Bonchev–Trinajstić information content (AvgIpc) is 2.63. The Hall–Kier alpha value is 0.137. The van der Waals surface area contributed by atoms with E-state index in [0.717, 1.165) is 26.2 Å². The molecule has 0 aromatic heterocycles. The van der Waals surface area contributed by atoms with Crippen molar-refractivity contribution in [2.24, 2.45) is 0 Å².